The highest BCUT2D eigenvalue weighted by Gasteiger charge is 2.37. The fourth-order valence-corrected chi connectivity index (χ4v) is 4.19. The number of rotatable bonds is 3. The SMILES string of the molecule is Cc1nnc2n1-c1c(cc(F)c(-c3cccc4c3cnn4CCO)c1F)NC2(C)C. The second-order valence-corrected chi connectivity index (χ2v) is 7.93. The van der Waals surface area contributed by atoms with Gasteiger partial charge in [0.25, 0.3) is 0 Å². The van der Waals surface area contributed by atoms with E-state index in [1.165, 1.54) is 6.07 Å². The Labute approximate surface area is 171 Å². The number of aliphatic hydroxyl groups excluding tert-OH is 1. The van der Waals surface area contributed by atoms with Gasteiger partial charge in [-0.25, -0.2) is 8.78 Å². The quantitative estimate of drug-likeness (QED) is 0.540. The molecule has 1 aliphatic heterocycles. The van der Waals surface area contributed by atoms with E-state index in [0.29, 0.717) is 40.3 Å². The first-order valence-corrected chi connectivity index (χ1v) is 9.62. The number of anilines is 1. The summed E-state index contributed by atoms with van der Waals surface area (Å²) in [5, 5.41) is 25.6. The van der Waals surface area contributed by atoms with Crippen molar-refractivity contribution < 1.29 is 13.9 Å². The minimum atomic E-state index is -0.695. The van der Waals surface area contributed by atoms with E-state index in [4.69, 9.17) is 0 Å². The lowest BCUT2D eigenvalue weighted by atomic mass is 9.95. The molecule has 0 radical (unpaired) electrons. The normalized spacial score (nSPS) is 14.5. The summed E-state index contributed by atoms with van der Waals surface area (Å²) in [5.41, 5.74) is 0.856. The van der Waals surface area contributed by atoms with Crippen LogP contribution < -0.4 is 5.32 Å². The number of halogens is 2. The lowest BCUT2D eigenvalue weighted by Gasteiger charge is -2.34. The molecule has 0 fully saturated rings. The summed E-state index contributed by atoms with van der Waals surface area (Å²) in [6.45, 7) is 5.72. The summed E-state index contributed by atoms with van der Waals surface area (Å²) >= 11 is 0. The standard InChI is InChI=1S/C21H20F2N6O/c1-11-26-27-20-21(2,3)25-15-9-14(22)17(18(23)19(15)29(11)20)12-5-4-6-16-13(12)10-24-28(16)7-8-30/h4-6,9-10,25,30H,7-8H2,1-3H3. The molecule has 9 heteroatoms. The van der Waals surface area contributed by atoms with Gasteiger partial charge in [-0.1, -0.05) is 12.1 Å². The van der Waals surface area contributed by atoms with Crippen molar-refractivity contribution in [1.29, 1.82) is 0 Å². The molecule has 154 valence electrons. The maximum Gasteiger partial charge on any atom is 0.162 e. The molecule has 0 spiro atoms. The first kappa shape index (κ1) is 18.7. The average molecular weight is 410 g/mol. The number of fused-ring (bicyclic) bond motifs is 4. The number of nitrogens with zero attached hydrogens (tertiary/aromatic N) is 5. The van der Waals surface area contributed by atoms with Gasteiger partial charge in [-0.2, -0.15) is 5.10 Å². The summed E-state index contributed by atoms with van der Waals surface area (Å²) in [6.07, 6.45) is 1.56. The van der Waals surface area contributed by atoms with Crippen molar-refractivity contribution in [2.45, 2.75) is 32.9 Å². The smallest absolute Gasteiger partial charge is 0.162 e. The molecule has 0 unspecified atom stereocenters. The van der Waals surface area contributed by atoms with Crippen LogP contribution in [0.4, 0.5) is 14.5 Å². The Bertz CT molecular complexity index is 1310. The minimum Gasteiger partial charge on any atom is -0.394 e. The number of aliphatic hydroxyl groups is 1. The molecule has 0 saturated heterocycles. The Morgan fingerprint density at radius 3 is 2.77 bits per heavy atom. The molecule has 30 heavy (non-hydrogen) atoms. The zero-order valence-corrected chi connectivity index (χ0v) is 16.7. The van der Waals surface area contributed by atoms with E-state index in [-0.39, 0.29) is 17.9 Å². The number of aromatic nitrogens is 5. The maximum atomic E-state index is 15.9. The van der Waals surface area contributed by atoms with Crippen LogP contribution in [-0.4, -0.2) is 36.3 Å². The molecule has 0 atom stereocenters. The Morgan fingerprint density at radius 2 is 2.00 bits per heavy atom. The second-order valence-electron chi connectivity index (χ2n) is 7.93. The van der Waals surface area contributed by atoms with Gasteiger partial charge >= 0.3 is 0 Å². The average Bonchev–Trinajstić information content (AvgIpc) is 3.27. The van der Waals surface area contributed by atoms with Crippen molar-refractivity contribution in [3.8, 4) is 16.8 Å². The van der Waals surface area contributed by atoms with E-state index in [1.807, 2.05) is 19.9 Å². The number of nitrogens with one attached hydrogen (secondary N) is 1. The van der Waals surface area contributed by atoms with Gasteiger partial charge < -0.3 is 10.4 Å². The molecule has 4 aromatic rings. The summed E-state index contributed by atoms with van der Waals surface area (Å²) in [5.74, 6) is -0.296. The van der Waals surface area contributed by atoms with Crippen molar-refractivity contribution in [2.75, 3.05) is 11.9 Å². The third-order valence-electron chi connectivity index (χ3n) is 5.52. The Balaban J connectivity index is 1.80. The zero-order valence-electron chi connectivity index (χ0n) is 16.7. The Morgan fingerprint density at radius 1 is 1.20 bits per heavy atom. The first-order valence-electron chi connectivity index (χ1n) is 9.62. The van der Waals surface area contributed by atoms with Crippen LogP contribution in [-0.2, 0) is 12.1 Å². The molecule has 2 aromatic carbocycles. The van der Waals surface area contributed by atoms with Gasteiger partial charge in [0.05, 0.1) is 41.7 Å². The van der Waals surface area contributed by atoms with Gasteiger partial charge in [0.1, 0.15) is 17.3 Å². The Kier molecular flexibility index (Phi) is 3.94. The van der Waals surface area contributed by atoms with Crippen LogP contribution in [0.25, 0.3) is 27.7 Å². The molecular weight excluding hydrogens is 390 g/mol. The number of hydrogen-bond donors (Lipinski definition) is 2. The fourth-order valence-electron chi connectivity index (χ4n) is 4.19. The van der Waals surface area contributed by atoms with E-state index in [9.17, 15) is 5.11 Å². The van der Waals surface area contributed by atoms with Crippen LogP contribution in [0.15, 0.2) is 30.5 Å². The summed E-state index contributed by atoms with van der Waals surface area (Å²) in [7, 11) is 0. The highest BCUT2D eigenvalue weighted by atomic mass is 19.1. The van der Waals surface area contributed by atoms with Crippen LogP contribution in [0.3, 0.4) is 0 Å². The topological polar surface area (TPSA) is 80.8 Å². The molecule has 0 bridgehead atoms. The molecular formula is C21H20F2N6O. The van der Waals surface area contributed by atoms with E-state index >= 15 is 8.78 Å². The zero-order chi connectivity index (χ0) is 21.2. The van der Waals surface area contributed by atoms with E-state index in [2.05, 4.69) is 20.6 Å². The second kappa shape index (κ2) is 6.33. The molecule has 1 aliphatic rings. The number of benzene rings is 2. The van der Waals surface area contributed by atoms with Crippen molar-refractivity contribution in [3.05, 3.63) is 53.7 Å². The summed E-state index contributed by atoms with van der Waals surface area (Å²) in [4.78, 5) is 0. The summed E-state index contributed by atoms with van der Waals surface area (Å²) < 4.78 is 34.5. The molecule has 7 nitrogen and oxygen atoms in total. The number of aryl methyl sites for hydroxylation is 1. The number of hydrogen-bond acceptors (Lipinski definition) is 5. The lowest BCUT2D eigenvalue weighted by molar-refractivity contribution is 0.271. The third kappa shape index (κ3) is 2.48. The van der Waals surface area contributed by atoms with Crippen LogP contribution in [0.2, 0.25) is 0 Å². The molecule has 3 heterocycles. The van der Waals surface area contributed by atoms with Crippen molar-refractivity contribution in [1.82, 2.24) is 24.5 Å². The predicted molar refractivity (Wildman–Crippen MR) is 108 cm³/mol. The van der Waals surface area contributed by atoms with E-state index in [1.54, 1.807) is 34.5 Å². The lowest BCUT2D eigenvalue weighted by Crippen LogP contribution is -2.36. The van der Waals surface area contributed by atoms with Gasteiger partial charge in [-0.15, -0.1) is 10.2 Å². The fraction of sp³-hybridized carbons (Fsp3) is 0.286. The molecule has 2 N–H and O–H groups in total. The van der Waals surface area contributed by atoms with Gasteiger partial charge in [-0.05, 0) is 32.4 Å². The highest BCUT2D eigenvalue weighted by molar-refractivity contribution is 5.96. The van der Waals surface area contributed by atoms with Crippen molar-refractivity contribution in [3.63, 3.8) is 0 Å². The molecule has 0 aliphatic carbocycles. The van der Waals surface area contributed by atoms with Crippen molar-refractivity contribution in [2.24, 2.45) is 0 Å². The predicted octanol–water partition coefficient (Wildman–Crippen LogP) is 3.52. The maximum absolute atomic E-state index is 15.9. The highest BCUT2D eigenvalue weighted by Crippen LogP contribution is 2.43. The monoisotopic (exact) mass is 410 g/mol. The van der Waals surface area contributed by atoms with Crippen LogP contribution in [0, 0.1) is 18.6 Å². The first-order chi connectivity index (χ1) is 14.3. The largest absolute Gasteiger partial charge is 0.394 e. The van der Waals surface area contributed by atoms with Crippen molar-refractivity contribution >= 4 is 16.6 Å². The van der Waals surface area contributed by atoms with Gasteiger partial charge in [0, 0.05) is 11.5 Å². The third-order valence-corrected chi connectivity index (χ3v) is 5.52. The van der Waals surface area contributed by atoms with Gasteiger partial charge in [0.2, 0.25) is 0 Å². The van der Waals surface area contributed by atoms with E-state index in [0.717, 1.165) is 0 Å². The summed E-state index contributed by atoms with van der Waals surface area (Å²) in [6, 6.07) is 6.51. The van der Waals surface area contributed by atoms with Crippen LogP contribution >= 0.6 is 0 Å². The molecule has 0 amide bonds. The van der Waals surface area contributed by atoms with E-state index < -0.39 is 17.2 Å². The molecule has 2 aromatic heterocycles. The van der Waals surface area contributed by atoms with Crippen LogP contribution in [0.5, 0.6) is 0 Å². The molecule has 5 rings (SSSR count). The molecule has 0 saturated carbocycles. The van der Waals surface area contributed by atoms with Crippen LogP contribution in [0.1, 0.15) is 25.5 Å². The van der Waals surface area contributed by atoms with Gasteiger partial charge in [-0.3, -0.25) is 9.25 Å². The minimum absolute atomic E-state index is 0.0836. The van der Waals surface area contributed by atoms with Gasteiger partial charge in [0.15, 0.2) is 11.6 Å². The Hall–Kier alpha value is -3.33.